The Morgan fingerprint density at radius 3 is 2.17 bits per heavy atom. The Hall–Kier alpha value is -1.60. The average Bonchev–Trinajstić information content (AvgIpc) is 3.31. The standard InChI is InChI=1S/C16H22N2O4S/c1-12-11-15(12)16(19)17-7-9-18(10-8-17)23(20,21)14-5-3-13(22-2)4-6-14/h3-6,12,15H,7-11H2,1-2H3/t12-,15+/m0/s1. The van der Waals surface area contributed by atoms with Crippen LogP contribution in [0.4, 0.5) is 0 Å². The van der Waals surface area contributed by atoms with Gasteiger partial charge in [-0.05, 0) is 36.6 Å². The monoisotopic (exact) mass is 338 g/mol. The molecule has 0 N–H and O–H groups in total. The summed E-state index contributed by atoms with van der Waals surface area (Å²) >= 11 is 0. The van der Waals surface area contributed by atoms with Crippen LogP contribution in [0.3, 0.4) is 0 Å². The van der Waals surface area contributed by atoms with Gasteiger partial charge < -0.3 is 9.64 Å². The zero-order chi connectivity index (χ0) is 16.6. The van der Waals surface area contributed by atoms with Crippen LogP contribution in [0.25, 0.3) is 0 Å². The van der Waals surface area contributed by atoms with Crippen molar-refractivity contribution in [3.05, 3.63) is 24.3 Å². The molecule has 2 fully saturated rings. The van der Waals surface area contributed by atoms with Gasteiger partial charge in [0.25, 0.3) is 0 Å². The molecule has 1 aliphatic carbocycles. The number of hydrogen-bond acceptors (Lipinski definition) is 4. The summed E-state index contributed by atoms with van der Waals surface area (Å²) in [6.45, 7) is 3.71. The van der Waals surface area contributed by atoms with Crippen molar-refractivity contribution in [3.8, 4) is 5.75 Å². The molecule has 0 spiro atoms. The smallest absolute Gasteiger partial charge is 0.243 e. The number of benzene rings is 1. The second kappa shape index (κ2) is 6.13. The Morgan fingerprint density at radius 1 is 1.13 bits per heavy atom. The lowest BCUT2D eigenvalue weighted by Crippen LogP contribution is -2.51. The summed E-state index contributed by atoms with van der Waals surface area (Å²) in [7, 11) is -1.97. The van der Waals surface area contributed by atoms with E-state index in [4.69, 9.17) is 4.74 Å². The normalized spacial score (nSPS) is 25.2. The highest BCUT2D eigenvalue weighted by Crippen LogP contribution is 2.39. The van der Waals surface area contributed by atoms with E-state index in [0.717, 1.165) is 6.42 Å². The highest BCUT2D eigenvalue weighted by atomic mass is 32.2. The molecule has 0 radical (unpaired) electrons. The Labute approximate surface area is 137 Å². The van der Waals surface area contributed by atoms with Crippen molar-refractivity contribution in [2.75, 3.05) is 33.3 Å². The van der Waals surface area contributed by atoms with E-state index in [1.807, 2.05) is 0 Å². The maximum Gasteiger partial charge on any atom is 0.243 e. The van der Waals surface area contributed by atoms with E-state index in [2.05, 4.69) is 6.92 Å². The number of rotatable bonds is 4. The van der Waals surface area contributed by atoms with Crippen molar-refractivity contribution < 1.29 is 17.9 Å². The first-order valence-corrected chi connectivity index (χ1v) is 9.30. The van der Waals surface area contributed by atoms with E-state index in [9.17, 15) is 13.2 Å². The van der Waals surface area contributed by atoms with Crippen molar-refractivity contribution in [2.24, 2.45) is 11.8 Å². The van der Waals surface area contributed by atoms with Crippen LogP contribution in [0.2, 0.25) is 0 Å². The minimum absolute atomic E-state index is 0.153. The van der Waals surface area contributed by atoms with Gasteiger partial charge in [-0.1, -0.05) is 6.92 Å². The number of hydrogen-bond donors (Lipinski definition) is 0. The molecule has 1 saturated carbocycles. The van der Waals surface area contributed by atoms with Crippen LogP contribution in [0.15, 0.2) is 29.2 Å². The molecule has 23 heavy (non-hydrogen) atoms. The third-order valence-electron chi connectivity index (χ3n) is 4.67. The van der Waals surface area contributed by atoms with E-state index in [1.165, 1.54) is 4.31 Å². The van der Waals surface area contributed by atoms with Gasteiger partial charge in [0.1, 0.15) is 5.75 Å². The van der Waals surface area contributed by atoms with Gasteiger partial charge in [0.2, 0.25) is 15.9 Å². The van der Waals surface area contributed by atoms with Gasteiger partial charge in [0, 0.05) is 32.1 Å². The van der Waals surface area contributed by atoms with Crippen LogP contribution < -0.4 is 4.74 Å². The quantitative estimate of drug-likeness (QED) is 0.827. The second-order valence-electron chi connectivity index (χ2n) is 6.22. The van der Waals surface area contributed by atoms with Gasteiger partial charge >= 0.3 is 0 Å². The number of amides is 1. The van der Waals surface area contributed by atoms with Gasteiger partial charge in [-0.2, -0.15) is 4.31 Å². The SMILES string of the molecule is COc1ccc(S(=O)(=O)N2CCN(C(=O)[C@@H]3C[C@@H]3C)CC2)cc1. The molecule has 1 amide bonds. The van der Waals surface area contributed by atoms with Crippen molar-refractivity contribution in [2.45, 2.75) is 18.2 Å². The predicted octanol–water partition coefficient (Wildman–Crippen LogP) is 1.18. The van der Waals surface area contributed by atoms with Gasteiger partial charge in [0.15, 0.2) is 0 Å². The van der Waals surface area contributed by atoms with Gasteiger partial charge in [-0.25, -0.2) is 8.42 Å². The van der Waals surface area contributed by atoms with Gasteiger partial charge in [-0.3, -0.25) is 4.79 Å². The summed E-state index contributed by atoms with van der Waals surface area (Å²) < 4.78 is 31.8. The van der Waals surface area contributed by atoms with E-state index in [0.29, 0.717) is 37.8 Å². The van der Waals surface area contributed by atoms with Crippen LogP contribution in [-0.4, -0.2) is 56.8 Å². The molecular weight excluding hydrogens is 316 g/mol. The average molecular weight is 338 g/mol. The number of sulfonamides is 1. The van der Waals surface area contributed by atoms with E-state index in [-0.39, 0.29) is 16.7 Å². The Balaban J connectivity index is 1.64. The predicted molar refractivity (Wildman–Crippen MR) is 85.6 cm³/mol. The summed E-state index contributed by atoms with van der Waals surface area (Å²) in [5.41, 5.74) is 0. The molecular formula is C16H22N2O4S. The fourth-order valence-electron chi connectivity index (χ4n) is 2.95. The van der Waals surface area contributed by atoms with Gasteiger partial charge in [0.05, 0.1) is 12.0 Å². The molecule has 1 aromatic carbocycles. The van der Waals surface area contributed by atoms with E-state index < -0.39 is 10.0 Å². The highest BCUT2D eigenvalue weighted by molar-refractivity contribution is 7.89. The molecule has 0 aromatic heterocycles. The summed E-state index contributed by atoms with van der Waals surface area (Å²) in [4.78, 5) is 14.3. The molecule has 1 aromatic rings. The zero-order valence-electron chi connectivity index (χ0n) is 13.4. The summed E-state index contributed by atoms with van der Waals surface area (Å²) in [6, 6.07) is 6.39. The molecule has 1 heterocycles. The Kier molecular flexibility index (Phi) is 4.33. The van der Waals surface area contributed by atoms with Crippen molar-refractivity contribution >= 4 is 15.9 Å². The molecule has 0 unspecified atom stereocenters. The minimum Gasteiger partial charge on any atom is -0.497 e. The first kappa shape index (κ1) is 16.3. The molecule has 2 atom stereocenters. The fourth-order valence-corrected chi connectivity index (χ4v) is 4.37. The molecule has 3 rings (SSSR count). The second-order valence-corrected chi connectivity index (χ2v) is 8.16. The lowest BCUT2D eigenvalue weighted by atomic mass is 10.2. The summed E-state index contributed by atoms with van der Waals surface area (Å²) in [6.07, 6.45) is 0.962. The van der Waals surface area contributed by atoms with Crippen LogP contribution in [0.5, 0.6) is 5.75 Å². The molecule has 126 valence electrons. The maximum absolute atomic E-state index is 12.6. The topological polar surface area (TPSA) is 66.9 Å². The minimum atomic E-state index is -3.51. The molecule has 2 aliphatic rings. The molecule has 6 nitrogen and oxygen atoms in total. The lowest BCUT2D eigenvalue weighted by Gasteiger charge is -2.34. The van der Waals surface area contributed by atoms with Crippen molar-refractivity contribution in [3.63, 3.8) is 0 Å². The first-order valence-electron chi connectivity index (χ1n) is 7.86. The third kappa shape index (κ3) is 3.21. The number of methoxy groups -OCH3 is 1. The van der Waals surface area contributed by atoms with Crippen molar-refractivity contribution in [1.82, 2.24) is 9.21 Å². The summed E-state index contributed by atoms with van der Waals surface area (Å²) in [5.74, 6) is 1.43. The van der Waals surface area contributed by atoms with Crippen LogP contribution in [0, 0.1) is 11.8 Å². The number of ether oxygens (including phenoxy) is 1. The number of piperazine rings is 1. The Morgan fingerprint density at radius 2 is 1.70 bits per heavy atom. The van der Waals surface area contributed by atoms with Crippen LogP contribution >= 0.6 is 0 Å². The molecule has 1 aliphatic heterocycles. The number of nitrogens with zero attached hydrogens (tertiary/aromatic N) is 2. The fraction of sp³-hybridized carbons (Fsp3) is 0.562. The maximum atomic E-state index is 12.6. The molecule has 1 saturated heterocycles. The highest BCUT2D eigenvalue weighted by Gasteiger charge is 2.42. The lowest BCUT2D eigenvalue weighted by molar-refractivity contribution is -0.134. The van der Waals surface area contributed by atoms with Crippen LogP contribution in [-0.2, 0) is 14.8 Å². The Bertz CT molecular complexity index is 679. The summed E-state index contributed by atoms with van der Waals surface area (Å²) in [5, 5.41) is 0. The number of carbonyl (C=O) groups is 1. The first-order chi connectivity index (χ1) is 10.9. The number of carbonyl (C=O) groups excluding carboxylic acids is 1. The van der Waals surface area contributed by atoms with E-state index in [1.54, 1.807) is 36.3 Å². The van der Waals surface area contributed by atoms with E-state index >= 15 is 0 Å². The largest absolute Gasteiger partial charge is 0.497 e. The molecule has 7 heteroatoms. The van der Waals surface area contributed by atoms with Crippen LogP contribution in [0.1, 0.15) is 13.3 Å². The third-order valence-corrected chi connectivity index (χ3v) is 6.59. The molecule has 0 bridgehead atoms. The zero-order valence-corrected chi connectivity index (χ0v) is 14.3. The van der Waals surface area contributed by atoms with Crippen molar-refractivity contribution in [1.29, 1.82) is 0 Å². The van der Waals surface area contributed by atoms with Gasteiger partial charge in [-0.15, -0.1) is 0 Å².